The van der Waals surface area contributed by atoms with Crippen molar-refractivity contribution >= 4 is 59.5 Å². The van der Waals surface area contributed by atoms with Crippen molar-refractivity contribution in [3.8, 4) is 0 Å². The van der Waals surface area contributed by atoms with E-state index in [1.807, 2.05) is 92.8 Å². The maximum Gasteiger partial charge on any atom is 0.264 e. The number of likely N-dealkylation sites (tertiary alicyclic amines) is 1. The minimum Gasteiger partial charge on any atom is -0.432 e. The van der Waals surface area contributed by atoms with Gasteiger partial charge < -0.3 is 24.4 Å². The molecule has 3 amide bonds. The molecule has 46 heavy (non-hydrogen) atoms. The van der Waals surface area contributed by atoms with Crippen molar-refractivity contribution in [1.82, 2.24) is 4.90 Å². The topological polar surface area (TPSA) is 111 Å². The number of hydrogen-bond acceptors (Lipinski definition) is 6. The van der Waals surface area contributed by atoms with E-state index in [0.717, 1.165) is 46.2 Å². The summed E-state index contributed by atoms with van der Waals surface area (Å²) in [6.45, 7) is 6.43. The molecular weight excluding hydrogens is 666 g/mol. The molecule has 3 aromatic carbocycles. The summed E-state index contributed by atoms with van der Waals surface area (Å²) in [6, 6.07) is 22.4. The molecule has 3 heterocycles. The van der Waals surface area contributed by atoms with Crippen LogP contribution in [0.5, 0.6) is 0 Å². The zero-order valence-corrected chi connectivity index (χ0v) is 28.9. The summed E-state index contributed by atoms with van der Waals surface area (Å²) in [5.74, 6) is -0.738. The predicted molar refractivity (Wildman–Crippen MR) is 182 cm³/mol. The second kappa shape index (κ2) is 12.7. The molecule has 11 heteroatoms. The van der Waals surface area contributed by atoms with Gasteiger partial charge in [0.05, 0.1) is 37.4 Å². The fraction of sp³-hybridized carbons (Fsp3) is 0.400. The SMILES string of the molecule is C[C@H]1[C@H]([Si](C)(C)O)[C@@H](CC(=O)N2CCC[C@H]2CO)O[C@]12C(=O)N(Cc1ccc(N(C=O)c3ccccc3)cc1)c1ccc(Br)cc12. The summed E-state index contributed by atoms with van der Waals surface area (Å²) in [5, 5.41) is 9.83. The number of rotatable bonds is 9. The first-order valence-corrected chi connectivity index (χ1v) is 19.6. The first kappa shape index (κ1) is 32.6. The minimum atomic E-state index is -2.95. The Bertz CT molecular complexity index is 1620. The lowest BCUT2D eigenvalue weighted by atomic mass is 9.82. The molecule has 3 aromatic rings. The number of benzene rings is 3. The molecule has 2 N–H and O–H groups in total. The van der Waals surface area contributed by atoms with Crippen LogP contribution in [0.1, 0.15) is 37.3 Å². The lowest BCUT2D eigenvalue weighted by molar-refractivity contribution is -0.150. The highest BCUT2D eigenvalue weighted by molar-refractivity contribution is 9.10. The van der Waals surface area contributed by atoms with Gasteiger partial charge in [0.1, 0.15) is 0 Å². The van der Waals surface area contributed by atoms with Gasteiger partial charge in [-0.1, -0.05) is 53.2 Å². The Morgan fingerprint density at radius 2 is 1.80 bits per heavy atom. The third-order valence-corrected chi connectivity index (χ3v) is 12.9. The molecular formula is C35H40BrN3O6Si. The Morgan fingerprint density at radius 3 is 2.46 bits per heavy atom. The van der Waals surface area contributed by atoms with Gasteiger partial charge in [-0.25, -0.2) is 0 Å². The van der Waals surface area contributed by atoms with Crippen LogP contribution in [0.2, 0.25) is 18.6 Å². The first-order chi connectivity index (χ1) is 22.0. The zero-order chi connectivity index (χ0) is 32.8. The summed E-state index contributed by atoms with van der Waals surface area (Å²) in [4.78, 5) is 56.8. The van der Waals surface area contributed by atoms with E-state index in [-0.39, 0.29) is 43.0 Å². The summed E-state index contributed by atoms with van der Waals surface area (Å²) in [6.07, 6.45) is 1.75. The lowest BCUT2D eigenvalue weighted by Crippen LogP contribution is -2.46. The molecule has 0 radical (unpaired) electrons. The Hall–Kier alpha value is -3.35. The molecule has 2 saturated heterocycles. The van der Waals surface area contributed by atoms with Gasteiger partial charge in [-0.3, -0.25) is 19.3 Å². The van der Waals surface area contributed by atoms with Crippen LogP contribution in [0, 0.1) is 5.92 Å². The standard InChI is InChI=1S/C35H40BrN3O6Si/c1-23-33(46(2,3)44)31(19-32(42)37-17-7-10-28(37)21-40)45-35(23)29-18-25(36)13-16-30(29)38(34(35)43)20-24-11-14-27(15-12-24)39(22-41)26-8-5-4-6-9-26/h4-6,8-9,11-16,18,22-23,28,31,33,40,44H,7,10,17,19-21H2,1-3H3/t23-,28-,31+,33-,35+/m0/s1. The van der Waals surface area contributed by atoms with Crippen molar-refractivity contribution in [2.24, 2.45) is 5.92 Å². The molecule has 1 spiro atoms. The molecule has 3 aliphatic rings. The van der Waals surface area contributed by atoms with E-state index in [4.69, 9.17) is 4.74 Å². The van der Waals surface area contributed by atoms with Crippen molar-refractivity contribution in [2.75, 3.05) is 23.0 Å². The second-order valence-electron chi connectivity index (χ2n) is 13.2. The van der Waals surface area contributed by atoms with E-state index < -0.39 is 25.9 Å². The van der Waals surface area contributed by atoms with Crippen LogP contribution in [-0.2, 0) is 31.3 Å². The highest BCUT2D eigenvalue weighted by Crippen LogP contribution is 2.60. The third kappa shape index (κ3) is 5.62. The van der Waals surface area contributed by atoms with Gasteiger partial charge in [0.25, 0.3) is 5.91 Å². The van der Waals surface area contributed by atoms with Gasteiger partial charge in [0, 0.05) is 39.4 Å². The van der Waals surface area contributed by atoms with Gasteiger partial charge >= 0.3 is 0 Å². The Kier molecular flexibility index (Phi) is 8.99. The molecule has 242 valence electrons. The van der Waals surface area contributed by atoms with Crippen molar-refractivity contribution in [1.29, 1.82) is 0 Å². The number of aliphatic hydroxyl groups excluding tert-OH is 1. The number of fused-ring (bicyclic) bond motifs is 2. The van der Waals surface area contributed by atoms with Gasteiger partial charge in [-0.2, -0.15) is 0 Å². The highest BCUT2D eigenvalue weighted by Gasteiger charge is 2.66. The van der Waals surface area contributed by atoms with Crippen LogP contribution in [0.4, 0.5) is 17.1 Å². The van der Waals surface area contributed by atoms with Crippen LogP contribution >= 0.6 is 15.9 Å². The maximum absolute atomic E-state index is 14.7. The number of carbonyl (C=O) groups excluding carboxylic acids is 3. The van der Waals surface area contributed by atoms with Gasteiger partial charge in [0.15, 0.2) is 13.9 Å². The van der Waals surface area contributed by atoms with Crippen LogP contribution in [0.25, 0.3) is 0 Å². The van der Waals surface area contributed by atoms with Crippen LogP contribution in [-0.4, -0.2) is 66.6 Å². The molecule has 3 aliphatic heterocycles. The Morgan fingerprint density at radius 1 is 1.11 bits per heavy atom. The number of aliphatic hydroxyl groups is 1. The van der Waals surface area contributed by atoms with E-state index in [2.05, 4.69) is 15.9 Å². The van der Waals surface area contributed by atoms with Crippen molar-refractivity contribution in [3.05, 3.63) is 88.4 Å². The molecule has 5 atom stereocenters. The third-order valence-electron chi connectivity index (χ3n) is 9.92. The number of ether oxygens (including phenoxy) is 1. The predicted octanol–water partition coefficient (Wildman–Crippen LogP) is 5.46. The van der Waals surface area contributed by atoms with Crippen molar-refractivity contribution in [2.45, 2.75) is 69.1 Å². The van der Waals surface area contributed by atoms with E-state index >= 15 is 0 Å². The Labute approximate surface area is 279 Å². The molecule has 9 nitrogen and oxygen atoms in total. The molecule has 0 aliphatic carbocycles. The van der Waals surface area contributed by atoms with Gasteiger partial charge in [-0.05, 0) is 74.0 Å². The highest BCUT2D eigenvalue weighted by atomic mass is 79.9. The smallest absolute Gasteiger partial charge is 0.264 e. The fourth-order valence-corrected chi connectivity index (χ4v) is 10.8. The fourth-order valence-electron chi connectivity index (χ4n) is 7.85. The van der Waals surface area contributed by atoms with E-state index in [0.29, 0.717) is 12.2 Å². The molecule has 0 unspecified atom stereocenters. The molecule has 6 rings (SSSR count). The average molecular weight is 707 g/mol. The summed E-state index contributed by atoms with van der Waals surface area (Å²) in [5.41, 5.74) is 2.03. The Balaban J connectivity index is 1.32. The number of anilines is 3. The van der Waals surface area contributed by atoms with E-state index in [9.17, 15) is 24.3 Å². The lowest BCUT2D eigenvalue weighted by Gasteiger charge is -2.33. The average Bonchev–Trinajstić information content (AvgIpc) is 3.69. The summed E-state index contributed by atoms with van der Waals surface area (Å²) >= 11 is 3.60. The van der Waals surface area contributed by atoms with Crippen molar-refractivity contribution < 1.29 is 29.0 Å². The zero-order valence-electron chi connectivity index (χ0n) is 26.3. The summed E-state index contributed by atoms with van der Waals surface area (Å²) < 4.78 is 7.64. The van der Waals surface area contributed by atoms with Crippen LogP contribution < -0.4 is 9.80 Å². The largest absolute Gasteiger partial charge is 0.432 e. The van der Waals surface area contributed by atoms with Crippen molar-refractivity contribution in [3.63, 3.8) is 0 Å². The maximum atomic E-state index is 14.7. The van der Waals surface area contributed by atoms with Gasteiger partial charge in [-0.15, -0.1) is 0 Å². The minimum absolute atomic E-state index is 0.0387. The van der Waals surface area contributed by atoms with Crippen LogP contribution in [0.3, 0.4) is 0 Å². The quantitative estimate of drug-likeness (QED) is 0.226. The number of hydrogen-bond donors (Lipinski definition) is 2. The number of carbonyl (C=O) groups is 3. The second-order valence-corrected chi connectivity index (χ2v) is 18.0. The number of nitrogens with zero attached hydrogens (tertiary/aromatic N) is 3. The molecule has 2 fully saturated rings. The number of amides is 3. The first-order valence-electron chi connectivity index (χ1n) is 15.8. The molecule has 0 bridgehead atoms. The number of para-hydroxylation sites is 1. The molecule has 0 aromatic heterocycles. The summed E-state index contributed by atoms with van der Waals surface area (Å²) in [7, 11) is -2.95. The monoisotopic (exact) mass is 705 g/mol. The molecule has 0 saturated carbocycles. The van der Waals surface area contributed by atoms with Gasteiger partial charge in [0.2, 0.25) is 12.3 Å². The normalized spacial score (nSPS) is 25.7. The van der Waals surface area contributed by atoms with Crippen LogP contribution in [0.15, 0.2) is 77.3 Å². The number of halogens is 1. The van der Waals surface area contributed by atoms with E-state index in [1.54, 1.807) is 14.7 Å². The van der Waals surface area contributed by atoms with E-state index in [1.165, 1.54) is 0 Å².